The van der Waals surface area contributed by atoms with Crippen molar-refractivity contribution in [3.8, 4) is 5.75 Å². The quantitative estimate of drug-likeness (QED) is 0.348. The van der Waals surface area contributed by atoms with Crippen LogP contribution in [0.25, 0.3) is 6.08 Å². The second-order valence-electron chi connectivity index (χ2n) is 7.22. The number of amides is 2. The fraction of sp³-hybridized carbons (Fsp3) is 0.0800. The number of rotatable bonds is 6. The molecule has 33 heavy (non-hydrogen) atoms. The Kier molecular flexibility index (Phi) is 7.13. The molecule has 0 saturated carbocycles. The molecule has 0 radical (unpaired) electrons. The van der Waals surface area contributed by atoms with E-state index < -0.39 is 0 Å². The average Bonchev–Trinajstić information content (AvgIpc) is 3.07. The van der Waals surface area contributed by atoms with Crippen LogP contribution in [0.5, 0.6) is 5.75 Å². The predicted octanol–water partition coefficient (Wildman–Crippen LogP) is 5.77. The highest BCUT2D eigenvalue weighted by atomic mass is 35.5. The molecular weight excluding hydrogens is 476 g/mol. The van der Waals surface area contributed by atoms with Crippen molar-refractivity contribution in [2.24, 2.45) is 0 Å². The van der Waals surface area contributed by atoms with Gasteiger partial charge in [0.15, 0.2) is 4.32 Å². The van der Waals surface area contributed by atoms with E-state index in [0.29, 0.717) is 27.8 Å². The van der Waals surface area contributed by atoms with Gasteiger partial charge in [-0.2, -0.15) is 5.01 Å². The Bertz CT molecular complexity index is 1260. The van der Waals surface area contributed by atoms with E-state index in [1.807, 2.05) is 67.6 Å². The van der Waals surface area contributed by atoms with Crippen LogP contribution < -0.4 is 10.2 Å². The van der Waals surface area contributed by atoms with Gasteiger partial charge in [0.25, 0.3) is 11.8 Å². The molecule has 2 amide bonds. The van der Waals surface area contributed by atoms with Crippen molar-refractivity contribution in [2.75, 3.05) is 0 Å². The van der Waals surface area contributed by atoms with Crippen LogP contribution in [-0.2, 0) is 11.4 Å². The van der Waals surface area contributed by atoms with Crippen LogP contribution in [0.3, 0.4) is 0 Å². The zero-order valence-electron chi connectivity index (χ0n) is 17.6. The highest BCUT2D eigenvalue weighted by Gasteiger charge is 2.33. The lowest BCUT2D eigenvalue weighted by atomic mass is 10.1. The van der Waals surface area contributed by atoms with Crippen molar-refractivity contribution >= 4 is 57.8 Å². The largest absolute Gasteiger partial charge is 0.489 e. The first-order valence-corrected chi connectivity index (χ1v) is 11.6. The maximum absolute atomic E-state index is 12.8. The number of nitrogens with zero attached hydrogens (tertiary/aromatic N) is 1. The van der Waals surface area contributed by atoms with Gasteiger partial charge in [-0.1, -0.05) is 71.9 Å². The lowest BCUT2D eigenvalue weighted by molar-refractivity contribution is -0.123. The van der Waals surface area contributed by atoms with Gasteiger partial charge in [-0.25, -0.2) is 0 Å². The first-order chi connectivity index (χ1) is 15.9. The normalized spacial score (nSPS) is 14.6. The van der Waals surface area contributed by atoms with E-state index in [2.05, 4.69) is 5.43 Å². The maximum atomic E-state index is 12.8. The summed E-state index contributed by atoms with van der Waals surface area (Å²) in [6.07, 6.45) is 1.73. The van der Waals surface area contributed by atoms with Gasteiger partial charge < -0.3 is 4.74 Å². The van der Waals surface area contributed by atoms with E-state index in [1.165, 1.54) is 0 Å². The van der Waals surface area contributed by atoms with Crippen LogP contribution in [0.1, 0.15) is 27.0 Å². The molecule has 8 heteroatoms. The first-order valence-electron chi connectivity index (χ1n) is 10.0. The van der Waals surface area contributed by atoms with Gasteiger partial charge in [-0.3, -0.25) is 15.0 Å². The fourth-order valence-corrected chi connectivity index (χ4v) is 4.51. The molecule has 1 heterocycles. The molecule has 0 aromatic heterocycles. The van der Waals surface area contributed by atoms with Gasteiger partial charge in [0, 0.05) is 16.1 Å². The molecule has 1 saturated heterocycles. The van der Waals surface area contributed by atoms with Crippen molar-refractivity contribution in [2.45, 2.75) is 13.5 Å². The topological polar surface area (TPSA) is 58.6 Å². The van der Waals surface area contributed by atoms with E-state index in [0.717, 1.165) is 33.5 Å². The van der Waals surface area contributed by atoms with Crippen LogP contribution >= 0.6 is 35.6 Å². The molecule has 1 aliphatic rings. The lowest BCUT2D eigenvalue weighted by Gasteiger charge is -2.16. The Morgan fingerprint density at radius 1 is 1.09 bits per heavy atom. The molecule has 1 N–H and O–H groups in total. The van der Waals surface area contributed by atoms with Crippen LogP contribution in [0.4, 0.5) is 0 Å². The van der Waals surface area contributed by atoms with Gasteiger partial charge >= 0.3 is 0 Å². The van der Waals surface area contributed by atoms with Crippen molar-refractivity contribution in [1.82, 2.24) is 10.4 Å². The Morgan fingerprint density at radius 2 is 1.79 bits per heavy atom. The molecule has 0 aliphatic carbocycles. The number of nitrogens with one attached hydrogen (secondary N) is 1. The van der Waals surface area contributed by atoms with Crippen LogP contribution in [0.2, 0.25) is 5.02 Å². The summed E-state index contributed by atoms with van der Waals surface area (Å²) in [7, 11) is 0. The Labute approximate surface area is 206 Å². The molecule has 4 rings (SSSR count). The van der Waals surface area contributed by atoms with Gasteiger partial charge in [-0.05, 0) is 60.6 Å². The van der Waals surface area contributed by atoms with Crippen molar-refractivity contribution in [1.29, 1.82) is 0 Å². The predicted molar refractivity (Wildman–Crippen MR) is 136 cm³/mol. The third-order valence-corrected chi connectivity index (χ3v) is 6.60. The van der Waals surface area contributed by atoms with Crippen LogP contribution in [0, 0.1) is 6.92 Å². The van der Waals surface area contributed by atoms with Gasteiger partial charge in [0.2, 0.25) is 0 Å². The number of thiocarbonyl (C=S) groups is 1. The molecule has 3 aromatic rings. The highest BCUT2D eigenvalue weighted by Crippen LogP contribution is 2.32. The maximum Gasteiger partial charge on any atom is 0.285 e. The molecule has 0 unspecified atom stereocenters. The Hall–Kier alpha value is -3.13. The zero-order chi connectivity index (χ0) is 23.4. The molecule has 0 spiro atoms. The SMILES string of the molecule is Cc1ccccc1C(=O)NN1C(=O)/C(=C/c2ccc(OCc3ccccc3Cl)cc2)SC1=S. The summed E-state index contributed by atoms with van der Waals surface area (Å²) in [4.78, 5) is 25.8. The minimum absolute atomic E-state index is 0.271. The van der Waals surface area contributed by atoms with E-state index in [-0.39, 0.29) is 16.1 Å². The monoisotopic (exact) mass is 494 g/mol. The Morgan fingerprint density at radius 3 is 2.52 bits per heavy atom. The molecule has 0 atom stereocenters. The molecular formula is C25H19ClN2O3S2. The number of hydrogen-bond donors (Lipinski definition) is 1. The third-order valence-electron chi connectivity index (χ3n) is 4.93. The summed E-state index contributed by atoms with van der Waals surface area (Å²) in [6, 6.07) is 22.0. The smallest absolute Gasteiger partial charge is 0.285 e. The minimum atomic E-state index is -0.384. The van der Waals surface area contributed by atoms with Crippen LogP contribution in [-0.4, -0.2) is 21.1 Å². The van der Waals surface area contributed by atoms with Gasteiger partial charge in [-0.15, -0.1) is 0 Å². The fourth-order valence-electron chi connectivity index (χ4n) is 3.14. The summed E-state index contributed by atoms with van der Waals surface area (Å²) in [5.41, 5.74) is 5.62. The van der Waals surface area contributed by atoms with Gasteiger partial charge in [0.05, 0.1) is 4.91 Å². The number of hydrazine groups is 1. The number of halogens is 1. The van der Waals surface area contributed by atoms with E-state index >= 15 is 0 Å². The lowest BCUT2D eigenvalue weighted by Crippen LogP contribution is -2.45. The second kappa shape index (κ2) is 10.2. The van der Waals surface area contributed by atoms with Gasteiger partial charge in [0.1, 0.15) is 12.4 Å². The summed E-state index contributed by atoms with van der Waals surface area (Å²) >= 11 is 12.6. The van der Waals surface area contributed by atoms with E-state index in [1.54, 1.807) is 18.2 Å². The number of hydrogen-bond acceptors (Lipinski definition) is 5. The third kappa shape index (κ3) is 5.45. The zero-order valence-corrected chi connectivity index (χ0v) is 20.0. The van der Waals surface area contributed by atoms with Crippen molar-refractivity contribution in [3.05, 3.63) is 105 Å². The van der Waals surface area contributed by atoms with Crippen LogP contribution in [0.15, 0.2) is 77.7 Å². The molecule has 1 fully saturated rings. The van der Waals surface area contributed by atoms with E-state index in [9.17, 15) is 9.59 Å². The molecule has 0 bridgehead atoms. The number of thioether (sulfide) groups is 1. The standard InChI is InChI=1S/C25H19ClN2O3S2/c1-16-6-2-4-8-20(16)23(29)27-28-24(30)22(33-25(28)32)14-17-10-12-19(13-11-17)31-15-18-7-3-5-9-21(18)26/h2-14H,15H2,1H3,(H,27,29)/b22-14-. The molecule has 166 valence electrons. The number of carbonyl (C=O) groups excluding carboxylic acids is 2. The summed E-state index contributed by atoms with van der Waals surface area (Å²) in [6.45, 7) is 2.19. The number of carbonyl (C=O) groups is 2. The summed E-state index contributed by atoms with van der Waals surface area (Å²) in [5, 5.41) is 1.77. The molecule has 1 aliphatic heterocycles. The summed E-state index contributed by atoms with van der Waals surface area (Å²) in [5.74, 6) is -0.0678. The molecule has 3 aromatic carbocycles. The second-order valence-corrected chi connectivity index (χ2v) is 9.31. The highest BCUT2D eigenvalue weighted by molar-refractivity contribution is 8.26. The average molecular weight is 495 g/mol. The van der Waals surface area contributed by atoms with E-state index in [4.69, 9.17) is 28.6 Å². The molecule has 5 nitrogen and oxygen atoms in total. The first kappa shape index (κ1) is 23.0. The Balaban J connectivity index is 1.41. The number of aryl methyl sites for hydroxylation is 1. The van der Waals surface area contributed by atoms with Crippen molar-refractivity contribution in [3.63, 3.8) is 0 Å². The van der Waals surface area contributed by atoms with Crippen molar-refractivity contribution < 1.29 is 14.3 Å². The number of ether oxygens (including phenoxy) is 1. The summed E-state index contributed by atoms with van der Waals surface area (Å²) < 4.78 is 6.07. The minimum Gasteiger partial charge on any atom is -0.489 e. The number of benzene rings is 3.